The smallest absolute Gasteiger partial charge is 0.213 e. The Morgan fingerprint density at radius 3 is 2.93 bits per heavy atom. The first-order chi connectivity index (χ1) is 7.14. The van der Waals surface area contributed by atoms with Crippen molar-refractivity contribution < 1.29 is 12.9 Å². The van der Waals surface area contributed by atoms with Crippen molar-refractivity contribution in [3.63, 3.8) is 0 Å². The number of nitrogens with zero attached hydrogens (tertiary/aromatic N) is 2. The summed E-state index contributed by atoms with van der Waals surface area (Å²) in [5, 5.41) is 6.65. The molecule has 15 heavy (non-hydrogen) atoms. The molecule has 0 spiro atoms. The summed E-state index contributed by atoms with van der Waals surface area (Å²) in [6.07, 6.45) is 1.87. The summed E-state index contributed by atoms with van der Waals surface area (Å²) in [5.74, 6) is 1.01. The number of aromatic nitrogens is 2. The van der Waals surface area contributed by atoms with Crippen LogP contribution in [0.1, 0.15) is 19.2 Å². The normalized spacial score (nSPS) is 11.8. The maximum Gasteiger partial charge on any atom is 0.213 e. The second-order valence-electron chi connectivity index (χ2n) is 3.11. The van der Waals surface area contributed by atoms with Crippen molar-refractivity contribution in [2.24, 2.45) is 0 Å². The van der Waals surface area contributed by atoms with Crippen LogP contribution in [0.3, 0.4) is 0 Å². The van der Waals surface area contributed by atoms with E-state index < -0.39 is 9.84 Å². The fourth-order valence-corrected chi connectivity index (χ4v) is 1.90. The van der Waals surface area contributed by atoms with Crippen molar-refractivity contribution in [3.05, 3.63) is 12.2 Å². The van der Waals surface area contributed by atoms with Gasteiger partial charge >= 0.3 is 0 Å². The van der Waals surface area contributed by atoms with Gasteiger partial charge in [0, 0.05) is 5.75 Å². The Labute approximate surface area is 89.0 Å². The molecule has 1 N–H and O–H groups in total. The number of hydrogen-bond acceptors (Lipinski definition) is 6. The molecule has 86 valence electrons. The number of hydrogen-bond donors (Lipinski definition) is 1. The predicted octanol–water partition coefficient (Wildman–Crippen LogP) is -0.0160. The van der Waals surface area contributed by atoms with Gasteiger partial charge in [0.2, 0.25) is 6.39 Å². The fourth-order valence-electron chi connectivity index (χ4n) is 1.03. The fraction of sp³-hybridized carbons (Fsp3) is 0.750. The van der Waals surface area contributed by atoms with Gasteiger partial charge in [-0.1, -0.05) is 12.1 Å². The van der Waals surface area contributed by atoms with Gasteiger partial charge in [0.1, 0.15) is 9.84 Å². The lowest BCUT2D eigenvalue weighted by atomic mass is 10.4. The topological polar surface area (TPSA) is 85.1 Å². The van der Waals surface area contributed by atoms with Gasteiger partial charge in [-0.3, -0.25) is 0 Å². The van der Waals surface area contributed by atoms with Gasteiger partial charge in [-0.2, -0.15) is 4.98 Å². The Hall–Kier alpha value is -0.950. The molecule has 7 heteroatoms. The summed E-state index contributed by atoms with van der Waals surface area (Å²) in [6, 6.07) is 0. The lowest BCUT2D eigenvalue weighted by Gasteiger charge is -2.02. The third-order valence-electron chi connectivity index (χ3n) is 1.94. The first-order valence-electron chi connectivity index (χ1n) is 4.80. The quantitative estimate of drug-likeness (QED) is 0.666. The molecule has 0 saturated carbocycles. The Kier molecular flexibility index (Phi) is 4.70. The van der Waals surface area contributed by atoms with Crippen molar-refractivity contribution in [3.8, 4) is 0 Å². The van der Waals surface area contributed by atoms with E-state index in [2.05, 4.69) is 20.0 Å². The van der Waals surface area contributed by atoms with E-state index in [0.29, 0.717) is 25.3 Å². The highest BCUT2D eigenvalue weighted by atomic mass is 32.2. The Bertz CT molecular complexity index is 360. The van der Waals surface area contributed by atoms with Crippen LogP contribution in [0.2, 0.25) is 0 Å². The molecular weight excluding hydrogens is 218 g/mol. The minimum Gasteiger partial charge on any atom is -0.343 e. The van der Waals surface area contributed by atoms with Gasteiger partial charge in [0.05, 0.1) is 12.3 Å². The van der Waals surface area contributed by atoms with Gasteiger partial charge in [0.15, 0.2) is 5.82 Å². The zero-order chi connectivity index (χ0) is 11.1. The van der Waals surface area contributed by atoms with Crippen LogP contribution in [-0.2, 0) is 16.4 Å². The first-order valence-corrected chi connectivity index (χ1v) is 6.62. The summed E-state index contributed by atoms with van der Waals surface area (Å²) in [7, 11) is -2.84. The zero-order valence-electron chi connectivity index (χ0n) is 8.64. The minimum absolute atomic E-state index is 0.206. The maximum absolute atomic E-state index is 11.1. The van der Waals surface area contributed by atoms with Crippen molar-refractivity contribution in [2.45, 2.75) is 19.9 Å². The highest BCUT2D eigenvalue weighted by molar-refractivity contribution is 7.91. The van der Waals surface area contributed by atoms with Gasteiger partial charge in [-0.15, -0.1) is 0 Å². The lowest BCUT2D eigenvalue weighted by molar-refractivity contribution is 0.407. The Morgan fingerprint density at radius 1 is 1.53 bits per heavy atom. The average molecular weight is 233 g/mol. The van der Waals surface area contributed by atoms with Crippen LogP contribution in [0.4, 0.5) is 0 Å². The van der Waals surface area contributed by atoms with Crippen LogP contribution in [0.25, 0.3) is 0 Å². The van der Waals surface area contributed by atoms with Gasteiger partial charge in [-0.25, -0.2) is 8.42 Å². The second kappa shape index (κ2) is 5.82. The van der Waals surface area contributed by atoms with Crippen LogP contribution in [0, 0.1) is 0 Å². The molecule has 0 aromatic carbocycles. The molecule has 0 atom stereocenters. The van der Waals surface area contributed by atoms with Crippen molar-refractivity contribution in [1.29, 1.82) is 0 Å². The second-order valence-corrected chi connectivity index (χ2v) is 5.59. The monoisotopic (exact) mass is 233 g/mol. The van der Waals surface area contributed by atoms with Crippen LogP contribution in [0.5, 0.6) is 0 Å². The van der Waals surface area contributed by atoms with E-state index in [1.807, 2.05) is 0 Å². The number of rotatable bonds is 7. The van der Waals surface area contributed by atoms with E-state index >= 15 is 0 Å². The molecule has 0 radical (unpaired) electrons. The molecule has 6 nitrogen and oxygen atoms in total. The molecule has 0 amide bonds. The third kappa shape index (κ3) is 4.89. The molecule has 0 unspecified atom stereocenters. The average Bonchev–Trinajstić information content (AvgIpc) is 2.70. The third-order valence-corrected chi connectivity index (χ3v) is 3.73. The minimum atomic E-state index is -2.84. The van der Waals surface area contributed by atoms with E-state index in [4.69, 9.17) is 0 Å². The molecule has 1 rings (SSSR count). The van der Waals surface area contributed by atoms with Crippen LogP contribution < -0.4 is 5.32 Å². The molecule has 1 aromatic heterocycles. The van der Waals surface area contributed by atoms with Crippen molar-refractivity contribution in [2.75, 3.05) is 18.1 Å². The van der Waals surface area contributed by atoms with Crippen molar-refractivity contribution >= 4 is 9.84 Å². The SMILES string of the molecule is CCS(=O)(=O)CCCNCc1ncon1. The van der Waals surface area contributed by atoms with Gasteiger partial charge in [0.25, 0.3) is 0 Å². The highest BCUT2D eigenvalue weighted by Gasteiger charge is 2.06. The molecule has 0 bridgehead atoms. The molecule has 0 saturated heterocycles. The molecular formula is C8H15N3O3S. The van der Waals surface area contributed by atoms with Crippen LogP contribution in [-0.4, -0.2) is 36.6 Å². The van der Waals surface area contributed by atoms with Crippen molar-refractivity contribution in [1.82, 2.24) is 15.5 Å². The van der Waals surface area contributed by atoms with Crippen LogP contribution >= 0.6 is 0 Å². The summed E-state index contributed by atoms with van der Waals surface area (Å²) in [6.45, 7) is 2.79. The maximum atomic E-state index is 11.1. The van der Waals surface area contributed by atoms with Crippen LogP contribution in [0.15, 0.2) is 10.9 Å². The van der Waals surface area contributed by atoms with E-state index in [1.165, 1.54) is 6.39 Å². The summed E-state index contributed by atoms with van der Waals surface area (Å²) in [5.41, 5.74) is 0. The number of sulfone groups is 1. The van der Waals surface area contributed by atoms with E-state index in [1.54, 1.807) is 6.92 Å². The molecule has 0 aliphatic carbocycles. The van der Waals surface area contributed by atoms with E-state index in [-0.39, 0.29) is 11.5 Å². The predicted molar refractivity (Wildman–Crippen MR) is 54.9 cm³/mol. The molecule has 0 aliphatic heterocycles. The molecule has 1 aromatic rings. The standard InChI is InChI=1S/C8H15N3O3S/c1-2-15(12,13)5-3-4-9-6-8-10-7-14-11-8/h7,9H,2-6H2,1H3. The molecule has 0 fully saturated rings. The van der Waals surface area contributed by atoms with E-state index in [9.17, 15) is 8.42 Å². The Balaban J connectivity index is 2.08. The van der Waals surface area contributed by atoms with Gasteiger partial charge < -0.3 is 9.84 Å². The number of nitrogens with one attached hydrogen (secondary N) is 1. The largest absolute Gasteiger partial charge is 0.343 e. The lowest BCUT2D eigenvalue weighted by Crippen LogP contribution is -2.19. The van der Waals surface area contributed by atoms with Gasteiger partial charge in [-0.05, 0) is 13.0 Å². The summed E-state index contributed by atoms with van der Waals surface area (Å²) < 4.78 is 26.8. The Morgan fingerprint density at radius 2 is 2.33 bits per heavy atom. The zero-order valence-corrected chi connectivity index (χ0v) is 9.46. The first kappa shape index (κ1) is 12.1. The molecule has 1 heterocycles. The molecule has 0 aliphatic rings. The summed E-state index contributed by atoms with van der Waals surface area (Å²) in [4.78, 5) is 3.82. The summed E-state index contributed by atoms with van der Waals surface area (Å²) >= 11 is 0. The van der Waals surface area contributed by atoms with E-state index in [0.717, 1.165) is 0 Å². The highest BCUT2D eigenvalue weighted by Crippen LogP contribution is 1.93.